The zero-order valence-corrected chi connectivity index (χ0v) is 12.6. The smallest absolute Gasteiger partial charge is 0.163 e. The van der Waals surface area contributed by atoms with Crippen LogP contribution in [0.4, 0.5) is 0 Å². The van der Waals surface area contributed by atoms with Gasteiger partial charge in [-0.25, -0.2) is 9.97 Å². The number of hydrogen-bond acceptors (Lipinski definition) is 4. The van der Waals surface area contributed by atoms with Gasteiger partial charge in [-0.2, -0.15) is 0 Å². The number of aryl methyl sites for hydroxylation is 1. The Morgan fingerprint density at radius 2 is 2.19 bits per heavy atom. The third-order valence-electron chi connectivity index (χ3n) is 3.96. The molecule has 0 saturated carbocycles. The lowest BCUT2D eigenvalue weighted by Gasteiger charge is -2.24. The van der Waals surface area contributed by atoms with E-state index in [9.17, 15) is 0 Å². The van der Waals surface area contributed by atoms with Gasteiger partial charge in [0, 0.05) is 23.5 Å². The molecule has 1 aliphatic carbocycles. The monoisotopic (exact) mass is 283 g/mol. The fraction of sp³-hybridized carbons (Fsp3) is 0.412. The molecule has 110 valence electrons. The van der Waals surface area contributed by atoms with Crippen molar-refractivity contribution in [3.8, 4) is 17.1 Å². The first-order valence-corrected chi connectivity index (χ1v) is 7.58. The summed E-state index contributed by atoms with van der Waals surface area (Å²) >= 11 is 0. The molecule has 3 rings (SSSR count). The third kappa shape index (κ3) is 2.76. The van der Waals surface area contributed by atoms with Gasteiger partial charge in [0.1, 0.15) is 5.75 Å². The molecule has 0 aliphatic heterocycles. The Morgan fingerprint density at radius 3 is 3.00 bits per heavy atom. The van der Waals surface area contributed by atoms with E-state index in [4.69, 9.17) is 9.72 Å². The molecular weight excluding hydrogens is 262 g/mol. The van der Waals surface area contributed by atoms with Crippen molar-refractivity contribution in [3.05, 3.63) is 41.7 Å². The van der Waals surface area contributed by atoms with Gasteiger partial charge in [0.15, 0.2) is 5.82 Å². The maximum absolute atomic E-state index is 5.69. The van der Waals surface area contributed by atoms with Crippen LogP contribution in [0, 0.1) is 0 Å². The average molecular weight is 283 g/mol. The second kappa shape index (κ2) is 6.22. The topological polar surface area (TPSA) is 47.0 Å². The van der Waals surface area contributed by atoms with Crippen molar-refractivity contribution in [1.29, 1.82) is 0 Å². The fourth-order valence-electron chi connectivity index (χ4n) is 2.91. The minimum atomic E-state index is 0.380. The molecule has 1 aromatic heterocycles. The van der Waals surface area contributed by atoms with Gasteiger partial charge in [-0.3, -0.25) is 0 Å². The van der Waals surface area contributed by atoms with Crippen LogP contribution in [0.5, 0.6) is 5.75 Å². The highest BCUT2D eigenvalue weighted by Gasteiger charge is 2.21. The van der Waals surface area contributed by atoms with Crippen LogP contribution < -0.4 is 10.1 Å². The normalized spacial score (nSPS) is 17.3. The third-order valence-corrected chi connectivity index (χ3v) is 3.96. The van der Waals surface area contributed by atoms with Crippen molar-refractivity contribution in [2.24, 2.45) is 0 Å². The van der Waals surface area contributed by atoms with E-state index < -0.39 is 0 Å². The van der Waals surface area contributed by atoms with Crippen molar-refractivity contribution >= 4 is 0 Å². The van der Waals surface area contributed by atoms with E-state index in [0.29, 0.717) is 12.6 Å². The lowest BCUT2D eigenvalue weighted by molar-refractivity contribution is 0.341. The highest BCUT2D eigenvalue weighted by Crippen LogP contribution is 2.32. The van der Waals surface area contributed by atoms with Gasteiger partial charge in [0.05, 0.1) is 12.2 Å². The van der Waals surface area contributed by atoms with Crippen molar-refractivity contribution < 1.29 is 4.74 Å². The number of fused-ring (bicyclic) bond motifs is 1. The molecule has 1 aromatic carbocycles. The number of rotatable bonds is 4. The SMILES string of the molecule is CCOc1ccccc1-c1ncc2c(n1)CCCC2NC. The van der Waals surface area contributed by atoms with Crippen LogP contribution in [0.1, 0.15) is 37.1 Å². The van der Waals surface area contributed by atoms with E-state index in [2.05, 4.69) is 10.3 Å². The molecule has 0 bridgehead atoms. The Hall–Kier alpha value is -1.94. The summed E-state index contributed by atoms with van der Waals surface area (Å²) < 4.78 is 5.69. The van der Waals surface area contributed by atoms with E-state index in [1.54, 1.807) is 0 Å². The Morgan fingerprint density at radius 1 is 1.33 bits per heavy atom. The first kappa shape index (κ1) is 14.0. The molecule has 0 spiro atoms. The Labute approximate surface area is 125 Å². The molecule has 1 aliphatic rings. The molecule has 4 nitrogen and oxygen atoms in total. The molecule has 0 amide bonds. The highest BCUT2D eigenvalue weighted by atomic mass is 16.5. The van der Waals surface area contributed by atoms with Gasteiger partial charge in [-0.15, -0.1) is 0 Å². The van der Waals surface area contributed by atoms with E-state index in [0.717, 1.165) is 35.7 Å². The molecule has 21 heavy (non-hydrogen) atoms. The largest absolute Gasteiger partial charge is 0.493 e. The highest BCUT2D eigenvalue weighted by molar-refractivity contribution is 5.64. The summed E-state index contributed by atoms with van der Waals surface area (Å²) in [4.78, 5) is 9.37. The fourth-order valence-corrected chi connectivity index (χ4v) is 2.91. The van der Waals surface area contributed by atoms with Gasteiger partial charge in [-0.1, -0.05) is 12.1 Å². The number of hydrogen-bond donors (Lipinski definition) is 1. The molecule has 0 saturated heterocycles. The maximum atomic E-state index is 5.69. The molecule has 1 N–H and O–H groups in total. The second-order valence-electron chi connectivity index (χ2n) is 5.26. The standard InChI is InChI=1S/C17H21N3O/c1-3-21-16-10-5-4-7-12(16)17-19-11-13-14(18-2)8-6-9-15(13)20-17/h4-5,7,10-11,14,18H,3,6,8-9H2,1-2H3. The molecule has 4 heteroatoms. The van der Waals surface area contributed by atoms with Crippen molar-refractivity contribution in [2.75, 3.05) is 13.7 Å². The van der Waals surface area contributed by atoms with Crippen LogP contribution in [0.25, 0.3) is 11.4 Å². The van der Waals surface area contributed by atoms with Crippen LogP contribution in [-0.4, -0.2) is 23.6 Å². The van der Waals surface area contributed by atoms with Crippen LogP contribution in [0.2, 0.25) is 0 Å². The van der Waals surface area contributed by atoms with Crippen molar-refractivity contribution in [3.63, 3.8) is 0 Å². The summed E-state index contributed by atoms with van der Waals surface area (Å²) in [7, 11) is 2.00. The summed E-state index contributed by atoms with van der Waals surface area (Å²) in [5.74, 6) is 1.61. The predicted octanol–water partition coefficient (Wildman–Crippen LogP) is 3.14. The molecule has 0 radical (unpaired) electrons. The number of benzene rings is 1. The molecule has 0 fully saturated rings. The minimum absolute atomic E-state index is 0.380. The number of para-hydroxylation sites is 1. The van der Waals surface area contributed by atoms with Crippen LogP contribution in [0.15, 0.2) is 30.5 Å². The molecule has 1 unspecified atom stereocenters. The quantitative estimate of drug-likeness (QED) is 0.936. The van der Waals surface area contributed by atoms with Crippen LogP contribution >= 0.6 is 0 Å². The summed E-state index contributed by atoms with van der Waals surface area (Å²) in [5.41, 5.74) is 3.37. The second-order valence-corrected chi connectivity index (χ2v) is 5.26. The summed E-state index contributed by atoms with van der Waals surface area (Å²) in [6.45, 7) is 2.63. The number of nitrogens with zero attached hydrogens (tertiary/aromatic N) is 2. The Balaban J connectivity index is 2.01. The zero-order valence-electron chi connectivity index (χ0n) is 12.6. The van der Waals surface area contributed by atoms with E-state index in [1.807, 2.05) is 44.4 Å². The first-order chi connectivity index (χ1) is 10.3. The zero-order chi connectivity index (χ0) is 14.7. The molecule has 1 heterocycles. The summed E-state index contributed by atoms with van der Waals surface area (Å²) in [5, 5.41) is 3.35. The lowest BCUT2D eigenvalue weighted by Crippen LogP contribution is -2.22. The van der Waals surface area contributed by atoms with Crippen molar-refractivity contribution in [2.45, 2.75) is 32.2 Å². The molecule has 1 atom stereocenters. The molecular formula is C17H21N3O. The minimum Gasteiger partial charge on any atom is -0.493 e. The molecule has 2 aromatic rings. The first-order valence-electron chi connectivity index (χ1n) is 7.58. The van der Waals surface area contributed by atoms with E-state index >= 15 is 0 Å². The average Bonchev–Trinajstić information content (AvgIpc) is 2.54. The van der Waals surface area contributed by atoms with Crippen LogP contribution in [-0.2, 0) is 6.42 Å². The van der Waals surface area contributed by atoms with Gasteiger partial charge in [-0.05, 0) is 45.4 Å². The predicted molar refractivity (Wildman–Crippen MR) is 83.4 cm³/mol. The van der Waals surface area contributed by atoms with Gasteiger partial charge < -0.3 is 10.1 Å². The summed E-state index contributed by atoms with van der Waals surface area (Å²) in [6, 6.07) is 8.34. The van der Waals surface area contributed by atoms with Gasteiger partial charge in [0.2, 0.25) is 0 Å². The van der Waals surface area contributed by atoms with Crippen molar-refractivity contribution in [1.82, 2.24) is 15.3 Å². The number of ether oxygens (including phenoxy) is 1. The Kier molecular flexibility index (Phi) is 4.15. The summed E-state index contributed by atoms with van der Waals surface area (Å²) in [6.07, 6.45) is 5.32. The van der Waals surface area contributed by atoms with Gasteiger partial charge >= 0.3 is 0 Å². The van der Waals surface area contributed by atoms with E-state index in [1.165, 1.54) is 12.0 Å². The van der Waals surface area contributed by atoms with Crippen LogP contribution in [0.3, 0.4) is 0 Å². The maximum Gasteiger partial charge on any atom is 0.163 e. The van der Waals surface area contributed by atoms with Gasteiger partial charge in [0.25, 0.3) is 0 Å². The number of aromatic nitrogens is 2. The van der Waals surface area contributed by atoms with E-state index in [-0.39, 0.29) is 0 Å². The Bertz CT molecular complexity index is 627. The lowest BCUT2D eigenvalue weighted by atomic mass is 9.92. The number of nitrogens with one attached hydrogen (secondary N) is 1.